The predicted molar refractivity (Wildman–Crippen MR) is 109 cm³/mol. The fourth-order valence-electron chi connectivity index (χ4n) is 3.35. The first-order chi connectivity index (χ1) is 16.7. The lowest BCUT2D eigenvalue weighted by Crippen LogP contribution is -2.58. The minimum absolute atomic E-state index is 0.723. The molecule has 3 heterocycles. The lowest BCUT2D eigenvalue weighted by atomic mass is 10.00. The van der Waals surface area contributed by atoms with Gasteiger partial charge in [-0.2, -0.15) is 4.31 Å². The molecule has 0 aliphatic carbocycles. The number of nitrogens with one attached hydrogen (secondary N) is 1. The monoisotopic (exact) mass is 566 g/mol. The molecular weight excluding hydrogens is 542 g/mol. The van der Waals surface area contributed by atoms with Gasteiger partial charge in [-0.15, -0.1) is 0 Å². The number of phosphoric ester groups is 2. The van der Waals surface area contributed by atoms with Crippen LogP contribution in [0.2, 0.25) is 0 Å². The van der Waals surface area contributed by atoms with E-state index in [1.165, 1.54) is 0 Å². The summed E-state index contributed by atoms with van der Waals surface area (Å²) >= 11 is 0. The Morgan fingerprint density at radius 2 is 1.56 bits per heavy atom. The Morgan fingerprint density at radius 1 is 0.917 bits per heavy atom. The molecule has 1 aromatic heterocycles. The summed E-state index contributed by atoms with van der Waals surface area (Å²) < 4.78 is 48.1. The first kappa shape index (κ1) is 29.2. The molecular formula is C15H24N2O17P2. The molecule has 21 heteroatoms. The first-order valence-electron chi connectivity index (χ1n) is 9.99. The van der Waals surface area contributed by atoms with Crippen LogP contribution < -0.4 is 11.2 Å². The topological polar surface area (TPSA) is 297 Å². The second kappa shape index (κ2) is 11.2. The quantitative estimate of drug-likeness (QED) is 0.127. The third kappa shape index (κ3) is 6.54. The lowest BCUT2D eigenvalue weighted by molar-refractivity contribution is -0.280. The number of aromatic nitrogens is 2. The Labute approximate surface area is 199 Å². The molecule has 2 saturated heterocycles. The smallest absolute Gasteiger partial charge is 0.394 e. The zero-order valence-corrected chi connectivity index (χ0v) is 19.6. The highest BCUT2D eigenvalue weighted by Gasteiger charge is 2.49. The van der Waals surface area contributed by atoms with Gasteiger partial charge in [0, 0.05) is 12.3 Å². The van der Waals surface area contributed by atoms with E-state index in [1.807, 2.05) is 4.98 Å². The van der Waals surface area contributed by atoms with Crippen molar-refractivity contribution >= 4 is 15.6 Å². The molecule has 3 rings (SSSR count). The number of phosphoric acid groups is 2. The molecule has 19 nitrogen and oxygen atoms in total. The summed E-state index contributed by atoms with van der Waals surface area (Å²) in [6.07, 6.45) is -15.4. The maximum Gasteiger partial charge on any atom is 0.483 e. The van der Waals surface area contributed by atoms with Crippen molar-refractivity contribution in [2.45, 2.75) is 55.2 Å². The molecule has 2 fully saturated rings. The van der Waals surface area contributed by atoms with Gasteiger partial charge in [-0.05, 0) is 0 Å². The van der Waals surface area contributed by atoms with Gasteiger partial charge >= 0.3 is 21.3 Å². The van der Waals surface area contributed by atoms with E-state index < -0.39 is 95.4 Å². The van der Waals surface area contributed by atoms with Gasteiger partial charge in [0.05, 0.1) is 13.2 Å². The molecule has 2 aliphatic rings. The third-order valence-electron chi connectivity index (χ3n) is 5.16. The van der Waals surface area contributed by atoms with Crippen molar-refractivity contribution < 1.29 is 72.4 Å². The minimum atomic E-state index is -5.59. The van der Waals surface area contributed by atoms with Gasteiger partial charge in [-0.3, -0.25) is 23.4 Å². The zero-order chi connectivity index (χ0) is 27.0. The fourth-order valence-corrected chi connectivity index (χ4v) is 5.51. The van der Waals surface area contributed by atoms with Crippen LogP contribution in [0.4, 0.5) is 0 Å². The van der Waals surface area contributed by atoms with E-state index in [-0.39, 0.29) is 0 Å². The SMILES string of the molecule is O=c1ccn(C2OC(COP(=O)(O)OP(=O)(O)O[C@H]3OC(CO)[C@H](O)C(O)C3O)[C@@H](O)[C@H]2O)c(=O)[nH]1. The molecule has 0 saturated carbocycles. The Balaban J connectivity index is 1.61. The molecule has 0 aromatic carbocycles. The molecule has 0 bridgehead atoms. The third-order valence-corrected chi connectivity index (χ3v) is 7.76. The number of rotatable bonds is 9. The molecule has 0 amide bonds. The van der Waals surface area contributed by atoms with Crippen LogP contribution >= 0.6 is 15.6 Å². The van der Waals surface area contributed by atoms with Gasteiger partial charge in [0.15, 0.2) is 12.5 Å². The van der Waals surface area contributed by atoms with Crippen LogP contribution in [0.15, 0.2) is 21.9 Å². The number of hydrogen-bond acceptors (Lipinski definition) is 15. The first-order valence-corrected chi connectivity index (χ1v) is 13.0. The molecule has 36 heavy (non-hydrogen) atoms. The van der Waals surface area contributed by atoms with Crippen LogP contribution in [0, 0.1) is 0 Å². The van der Waals surface area contributed by atoms with Gasteiger partial charge in [0.2, 0.25) is 0 Å². The van der Waals surface area contributed by atoms with Crippen molar-refractivity contribution in [3.63, 3.8) is 0 Å². The second-order valence-electron chi connectivity index (χ2n) is 7.68. The van der Waals surface area contributed by atoms with Crippen molar-refractivity contribution in [3.05, 3.63) is 33.1 Å². The molecule has 9 N–H and O–H groups in total. The predicted octanol–water partition coefficient (Wildman–Crippen LogP) is -4.79. The molecule has 206 valence electrons. The summed E-state index contributed by atoms with van der Waals surface area (Å²) in [5.74, 6) is 0. The summed E-state index contributed by atoms with van der Waals surface area (Å²) in [7, 11) is -11.1. The van der Waals surface area contributed by atoms with Crippen molar-refractivity contribution in [2.75, 3.05) is 13.2 Å². The number of H-pyrrole nitrogens is 1. The van der Waals surface area contributed by atoms with Gasteiger partial charge in [-0.1, -0.05) is 0 Å². The highest BCUT2D eigenvalue weighted by atomic mass is 31.3. The summed E-state index contributed by atoms with van der Waals surface area (Å²) in [6.45, 7) is -1.93. The fraction of sp³-hybridized carbons (Fsp3) is 0.733. The van der Waals surface area contributed by atoms with Crippen molar-refractivity contribution in [1.29, 1.82) is 0 Å². The maximum atomic E-state index is 12.2. The van der Waals surface area contributed by atoms with Crippen molar-refractivity contribution in [2.24, 2.45) is 0 Å². The van der Waals surface area contributed by atoms with E-state index in [9.17, 15) is 54.0 Å². The van der Waals surface area contributed by atoms with Crippen LogP contribution in [0.3, 0.4) is 0 Å². The second-order valence-corrected chi connectivity index (χ2v) is 10.7. The van der Waals surface area contributed by atoms with E-state index in [4.69, 9.17) is 14.6 Å². The number of aliphatic hydroxyl groups is 6. The largest absolute Gasteiger partial charge is 0.483 e. The molecule has 1 aromatic rings. The summed E-state index contributed by atoms with van der Waals surface area (Å²) in [5, 5.41) is 58.6. The van der Waals surface area contributed by atoms with Crippen molar-refractivity contribution in [3.8, 4) is 0 Å². The van der Waals surface area contributed by atoms with E-state index in [1.54, 1.807) is 0 Å². The zero-order valence-electron chi connectivity index (χ0n) is 17.9. The Morgan fingerprint density at radius 3 is 2.17 bits per heavy atom. The number of aliphatic hydroxyl groups excluding tert-OH is 6. The van der Waals surface area contributed by atoms with E-state index in [0.29, 0.717) is 0 Å². The average molecular weight is 566 g/mol. The molecule has 0 spiro atoms. The van der Waals surface area contributed by atoms with E-state index in [2.05, 4.69) is 13.4 Å². The van der Waals surface area contributed by atoms with Gasteiger partial charge in [0.25, 0.3) is 5.56 Å². The Hall–Kier alpha value is -1.38. The van der Waals surface area contributed by atoms with Gasteiger partial charge < -0.3 is 49.9 Å². The maximum absolute atomic E-state index is 12.2. The van der Waals surface area contributed by atoms with E-state index >= 15 is 0 Å². The average Bonchev–Trinajstić information content (AvgIpc) is 3.06. The number of ether oxygens (including phenoxy) is 2. The van der Waals surface area contributed by atoms with Crippen molar-refractivity contribution in [1.82, 2.24) is 9.55 Å². The summed E-state index contributed by atoms with van der Waals surface area (Å²) in [4.78, 5) is 44.5. The highest BCUT2D eigenvalue weighted by molar-refractivity contribution is 7.61. The number of nitrogens with zero attached hydrogens (tertiary/aromatic N) is 1. The standard InChI is InChI=1S/C15H24N2O17P2/c18-3-5-8(20)10(22)12(24)14(32-5)33-36(28,29)34-35(26,27)30-4-6-9(21)11(23)13(31-6)17-2-1-7(19)16-15(17)25/h1-2,5-6,8-14,18,20-24H,3-4H2,(H,26,27)(H,28,29)(H,16,19,25)/t5?,6?,8-,9+,10?,11+,12?,13?,14+/m0/s1. The van der Waals surface area contributed by atoms with Crippen LogP contribution in [0.1, 0.15) is 6.23 Å². The molecule has 2 aliphatic heterocycles. The number of aromatic amines is 1. The van der Waals surface area contributed by atoms with Gasteiger partial charge in [-0.25, -0.2) is 13.9 Å². The van der Waals surface area contributed by atoms with Crippen LogP contribution in [-0.4, -0.2) is 112 Å². The Kier molecular flexibility index (Phi) is 9.05. The highest BCUT2D eigenvalue weighted by Crippen LogP contribution is 2.61. The van der Waals surface area contributed by atoms with Crippen LogP contribution in [0.5, 0.6) is 0 Å². The molecule has 7 unspecified atom stereocenters. The van der Waals surface area contributed by atoms with Crippen LogP contribution in [-0.2, 0) is 32.0 Å². The van der Waals surface area contributed by atoms with E-state index in [0.717, 1.165) is 16.8 Å². The molecule has 11 atom stereocenters. The lowest BCUT2D eigenvalue weighted by Gasteiger charge is -2.39. The Bertz CT molecular complexity index is 1120. The minimum Gasteiger partial charge on any atom is -0.394 e. The summed E-state index contributed by atoms with van der Waals surface area (Å²) in [5.41, 5.74) is -1.75. The molecule has 0 radical (unpaired) electrons. The normalized spacial score (nSPS) is 38.4. The summed E-state index contributed by atoms with van der Waals surface area (Å²) in [6, 6.07) is 0.928. The van der Waals surface area contributed by atoms with Crippen LogP contribution in [0.25, 0.3) is 0 Å². The van der Waals surface area contributed by atoms with Gasteiger partial charge in [0.1, 0.15) is 42.7 Å². The number of hydrogen-bond donors (Lipinski definition) is 9.